The highest BCUT2D eigenvalue weighted by Crippen LogP contribution is 2.26. The van der Waals surface area contributed by atoms with Crippen molar-refractivity contribution in [2.75, 3.05) is 19.6 Å². The van der Waals surface area contributed by atoms with E-state index in [9.17, 15) is 4.79 Å². The lowest BCUT2D eigenvalue weighted by atomic mass is 10.1. The highest BCUT2D eigenvalue weighted by Gasteiger charge is 2.25. The topological polar surface area (TPSA) is 58.4 Å². The number of benzene rings is 1. The molecule has 27 heavy (non-hydrogen) atoms. The van der Waals surface area contributed by atoms with Gasteiger partial charge in [-0.1, -0.05) is 36.8 Å². The first-order valence-electron chi connectivity index (χ1n) is 9.38. The van der Waals surface area contributed by atoms with Gasteiger partial charge in [-0.25, -0.2) is 4.98 Å². The lowest BCUT2D eigenvalue weighted by Gasteiger charge is -2.33. The molecule has 3 aromatic rings. The number of hydrogen-bond donors (Lipinski definition) is 1. The van der Waals surface area contributed by atoms with Gasteiger partial charge in [0, 0.05) is 12.1 Å². The van der Waals surface area contributed by atoms with Crippen molar-refractivity contribution in [2.24, 2.45) is 0 Å². The molecule has 0 radical (unpaired) electrons. The third kappa shape index (κ3) is 4.28. The summed E-state index contributed by atoms with van der Waals surface area (Å²) in [5, 5.41) is 3.94. The smallest absolute Gasteiger partial charge is 0.263 e. The van der Waals surface area contributed by atoms with E-state index >= 15 is 0 Å². The zero-order chi connectivity index (χ0) is 18.5. The normalized spacial score (nSPS) is 16.1. The summed E-state index contributed by atoms with van der Waals surface area (Å²) in [4.78, 5) is 20.1. The Kier molecular flexibility index (Phi) is 5.65. The Hall–Kier alpha value is -2.44. The average molecular weight is 382 g/mol. The molecule has 4 rings (SSSR count). The molecule has 2 aromatic heterocycles. The molecule has 1 fully saturated rings. The predicted molar refractivity (Wildman–Crippen MR) is 107 cm³/mol. The molecule has 1 atom stereocenters. The van der Waals surface area contributed by atoms with Gasteiger partial charge < -0.3 is 9.73 Å². The number of hydrogen-bond acceptors (Lipinski definition) is 5. The molecule has 1 N–H and O–H groups in total. The van der Waals surface area contributed by atoms with Crippen molar-refractivity contribution in [3.63, 3.8) is 0 Å². The van der Waals surface area contributed by atoms with Gasteiger partial charge in [-0.15, -0.1) is 11.3 Å². The number of likely N-dealkylation sites (tertiary alicyclic amines) is 1. The van der Waals surface area contributed by atoms with Crippen LogP contribution in [0.15, 0.2) is 59.3 Å². The number of carbonyl (C=O) groups is 1. The highest BCUT2D eigenvalue weighted by molar-refractivity contribution is 7.16. The fraction of sp³-hybridized carbons (Fsp3) is 0.333. The molecule has 140 valence electrons. The van der Waals surface area contributed by atoms with Crippen LogP contribution in [-0.2, 0) is 0 Å². The average Bonchev–Trinajstić information content (AvgIpc) is 3.42. The van der Waals surface area contributed by atoms with Crippen molar-refractivity contribution in [3.05, 3.63) is 65.6 Å². The zero-order valence-corrected chi connectivity index (χ0v) is 16.0. The molecule has 1 aliphatic rings. The quantitative estimate of drug-likeness (QED) is 0.689. The zero-order valence-electron chi connectivity index (χ0n) is 15.1. The third-order valence-electron chi connectivity index (χ3n) is 4.91. The van der Waals surface area contributed by atoms with Crippen LogP contribution < -0.4 is 5.32 Å². The standard InChI is InChI=1S/C21H23N3O2S/c25-20(19-15-23-21(27-19)16-8-3-1-4-9-16)22-14-17(18-10-7-13-26-18)24-11-5-2-6-12-24/h1,3-4,7-10,13,15,17H,2,5-6,11-12,14H2,(H,22,25)/t17-/m0/s1. The third-order valence-corrected chi connectivity index (χ3v) is 5.95. The number of furan rings is 1. The predicted octanol–water partition coefficient (Wildman–Crippen LogP) is 4.36. The number of carbonyl (C=O) groups excluding carboxylic acids is 1. The number of thiazole rings is 1. The van der Waals surface area contributed by atoms with Gasteiger partial charge in [0.15, 0.2) is 0 Å². The van der Waals surface area contributed by atoms with Crippen LogP contribution in [0.4, 0.5) is 0 Å². The van der Waals surface area contributed by atoms with Gasteiger partial charge in [-0.3, -0.25) is 9.69 Å². The minimum absolute atomic E-state index is 0.0748. The number of nitrogens with zero attached hydrogens (tertiary/aromatic N) is 2. The maximum atomic E-state index is 12.7. The van der Waals surface area contributed by atoms with Crippen LogP contribution in [0.2, 0.25) is 0 Å². The van der Waals surface area contributed by atoms with E-state index in [0.29, 0.717) is 11.4 Å². The molecular formula is C21H23N3O2S. The molecule has 0 saturated carbocycles. The Balaban J connectivity index is 1.43. The van der Waals surface area contributed by atoms with Crippen LogP contribution in [-0.4, -0.2) is 35.4 Å². The first-order valence-corrected chi connectivity index (χ1v) is 10.2. The molecule has 6 heteroatoms. The van der Waals surface area contributed by atoms with Crippen LogP contribution in [0, 0.1) is 0 Å². The Labute approximate surface area is 163 Å². The molecule has 0 aliphatic carbocycles. The van der Waals surface area contributed by atoms with E-state index in [1.54, 1.807) is 12.5 Å². The molecule has 1 aromatic carbocycles. The minimum atomic E-state index is -0.0803. The fourth-order valence-corrected chi connectivity index (χ4v) is 4.33. The van der Waals surface area contributed by atoms with Crippen LogP contribution in [0.5, 0.6) is 0 Å². The maximum absolute atomic E-state index is 12.7. The van der Waals surface area contributed by atoms with Gasteiger partial charge in [0.25, 0.3) is 5.91 Å². The summed E-state index contributed by atoms with van der Waals surface area (Å²) in [7, 11) is 0. The van der Waals surface area contributed by atoms with Gasteiger partial charge in [0.1, 0.15) is 15.6 Å². The second-order valence-corrected chi connectivity index (χ2v) is 7.76. The second kappa shape index (κ2) is 8.50. The van der Waals surface area contributed by atoms with Crippen molar-refractivity contribution < 1.29 is 9.21 Å². The second-order valence-electron chi connectivity index (χ2n) is 6.73. The van der Waals surface area contributed by atoms with Crippen molar-refractivity contribution >= 4 is 17.2 Å². The van der Waals surface area contributed by atoms with Crippen molar-refractivity contribution in [2.45, 2.75) is 25.3 Å². The molecule has 0 unspecified atom stereocenters. The summed E-state index contributed by atoms with van der Waals surface area (Å²) in [6, 6.07) is 13.9. The summed E-state index contributed by atoms with van der Waals surface area (Å²) >= 11 is 1.42. The minimum Gasteiger partial charge on any atom is -0.468 e. The van der Waals surface area contributed by atoms with Gasteiger partial charge in [-0.2, -0.15) is 0 Å². The molecule has 1 amide bonds. The summed E-state index contributed by atoms with van der Waals surface area (Å²) in [6.45, 7) is 2.62. The molecule has 0 bridgehead atoms. The largest absolute Gasteiger partial charge is 0.468 e. The van der Waals surface area contributed by atoms with E-state index < -0.39 is 0 Å². The number of aromatic nitrogens is 1. The van der Waals surface area contributed by atoms with Crippen LogP contribution in [0.1, 0.15) is 40.7 Å². The van der Waals surface area contributed by atoms with Gasteiger partial charge in [0.05, 0.1) is 18.5 Å². The Bertz CT molecular complexity index is 855. The van der Waals surface area contributed by atoms with Crippen LogP contribution >= 0.6 is 11.3 Å². The van der Waals surface area contributed by atoms with E-state index in [-0.39, 0.29) is 11.9 Å². The monoisotopic (exact) mass is 381 g/mol. The van der Waals surface area contributed by atoms with Crippen LogP contribution in [0.25, 0.3) is 10.6 Å². The van der Waals surface area contributed by atoms with E-state index in [4.69, 9.17) is 4.42 Å². The van der Waals surface area contributed by atoms with Crippen LogP contribution in [0.3, 0.4) is 0 Å². The maximum Gasteiger partial charge on any atom is 0.263 e. The molecule has 1 aliphatic heterocycles. The number of amides is 1. The molecule has 3 heterocycles. The van der Waals surface area contributed by atoms with E-state index in [1.165, 1.54) is 30.6 Å². The molecule has 0 spiro atoms. The summed E-state index contributed by atoms with van der Waals surface area (Å²) < 4.78 is 5.65. The van der Waals surface area contributed by atoms with E-state index in [2.05, 4.69) is 15.2 Å². The first-order chi connectivity index (χ1) is 13.3. The Morgan fingerprint density at radius 2 is 1.96 bits per heavy atom. The first kappa shape index (κ1) is 17.9. The Morgan fingerprint density at radius 3 is 2.70 bits per heavy atom. The lowest BCUT2D eigenvalue weighted by Crippen LogP contribution is -2.40. The Morgan fingerprint density at radius 1 is 1.15 bits per heavy atom. The van der Waals surface area contributed by atoms with Gasteiger partial charge in [-0.05, 0) is 38.1 Å². The fourth-order valence-electron chi connectivity index (χ4n) is 3.49. The SMILES string of the molecule is O=C(NC[C@@H](c1ccco1)N1CCCCC1)c1cnc(-c2ccccc2)s1. The van der Waals surface area contributed by atoms with E-state index in [1.807, 2.05) is 42.5 Å². The van der Waals surface area contributed by atoms with Gasteiger partial charge >= 0.3 is 0 Å². The van der Waals surface area contributed by atoms with Crippen molar-refractivity contribution in [1.29, 1.82) is 0 Å². The number of rotatable bonds is 6. The number of piperidine rings is 1. The number of nitrogens with one attached hydrogen (secondary N) is 1. The van der Waals surface area contributed by atoms with E-state index in [0.717, 1.165) is 29.4 Å². The van der Waals surface area contributed by atoms with Crippen molar-refractivity contribution in [3.8, 4) is 10.6 Å². The summed E-state index contributed by atoms with van der Waals surface area (Å²) in [5.74, 6) is 0.828. The molecule has 5 nitrogen and oxygen atoms in total. The summed E-state index contributed by atoms with van der Waals surface area (Å²) in [6.07, 6.45) is 7.02. The van der Waals surface area contributed by atoms with Crippen molar-refractivity contribution in [1.82, 2.24) is 15.2 Å². The lowest BCUT2D eigenvalue weighted by molar-refractivity contribution is 0.0918. The molecular weight excluding hydrogens is 358 g/mol. The highest BCUT2D eigenvalue weighted by atomic mass is 32.1. The van der Waals surface area contributed by atoms with Gasteiger partial charge in [0.2, 0.25) is 0 Å². The molecule has 1 saturated heterocycles. The summed E-state index contributed by atoms with van der Waals surface area (Å²) in [5.41, 5.74) is 1.03.